The number of benzene rings is 1. The zero-order valence-electron chi connectivity index (χ0n) is 12.0. The maximum atomic E-state index is 6.08. The van der Waals surface area contributed by atoms with Crippen molar-refractivity contribution in [1.82, 2.24) is 14.9 Å². The van der Waals surface area contributed by atoms with Crippen molar-refractivity contribution in [2.75, 3.05) is 13.1 Å². The van der Waals surface area contributed by atoms with Gasteiger partial charge in [0.05, 0.1) is 11.0 Å². The van der Waals surface area contributed by atoms with E-state index in [9.17, 15) is 0 Å². The minimum absolute atomic E-state index is 0.769. The first kappa shape index (κ1) is 13.9. The molecule has 2 aromatic rings. The van der Waals surface area contributed by atoms with E-state index in [0.717, 1.165) is 35.8 Å². The fraction of sp³-hybridized carbons (Fsp3) is 0.562. The summed E-state index contributed by atoms with van der Waals surface area (Å²) >= 11 is 6.08. The van der Waals surface area contributed by atoms with Crippen molar-refractivity contribution in [1.29, 1.82) is 0 Å². The van der Waals surface area contributed by atoms with Gasteiger partial charge in [-0.3, -0.25) is 0 Å². The van der Waals surface area contributed by atoms with Crippen molar-refractivity contribution in [3.63, 3.8) is 0 Å². The van der Waals surface area contributed by atoms with Crippen LogP contribution in [-0.2, 0) is 13.0 Å². The first-order chi connectivity index (χ1) is 9.78. The molecule has 0 radical (unpaired) electrons. The highest BCUT2D eigenvalue weighted by Gasteiger charge is 2.16. The number of aryl methyl sites for hydroxylation is 2. The average Bonchev–Trinajstić information content (AvgIpc) is 3.05. The molecule has 1 unspecified atom stereocenters. The van der Waals surface area contributed by atoms with Gasteiger partial charge in [0, 0.05) is 18.0 Å². The van der Waals surface area contributed by atoms with E-state index < -0.39 is 0 Å². The molecule has 1 aromatic heterocycles. The van der Waals surface area contributed by atoms with Crippen molar-refractivity contribution in [2.24, 2.45) is 5.92 Å². The lowest BCUT2D eigenvalue weighted by molar-refractivity contribution is 0.513. The van der Waals surface area contributed by atoms with E-state index in [1.165, 1.54) is 37.3 Å². The lowest BCUT2D eigenvalue weighted by Crippen LogP contribution is -2.11. The molecule has 108 valence electrons. The Morgan fingerprint density at radius 3 is 3.10 bits per heavy atom. The van der Waals surface area contributed by atoms with Gasteiger partial charge in [0.15, 0.2) is 0 Å². The number of nitrogens with zero attached hydrogens (tertiary/aromatic N) is 2. The topological polar surface area (TPSA) is 29.9 Å². The predicted octanol–water partition coefficient (Wildman–Crippen LogP) is 3.64. The van der Waals surface area contributed by atoms with Crippen LogP contribution in [0.3, 0.4) is 0 Å². The second kappa shape index (κ2) is 6.15. The van der Waals surface area contributed by atoms with Crippen molar-refractivity contribution < 1.29 is 0 Å². The van der Waals surface area contributed by atoms with Crippen LogP contribution in [0.4, 0.5) is 0 Å². The first-order valence-corrected chi connectivity index (χ1v) is 8.01. The van der Waals surface area contributed by atoms with Gasteiger partial charge in [0.1, 0.15) is 5.82 Å². The molecule has 20 heavy (non-hydrogen) atoms. The molecule has 0 aliphatic carbocycles. The highest BCUT2D eigenvalue weighted by atomic mass is 35.5. The predicted molar refractivity (Wildman–Crippen MR) is 84.3 cm³/mol. The Bertz CT molecular complexity index is 585. The summed E-state index contributed by atoms with van der Waals surface area (Å²) in [6, 6.07) is 6.03. The van der Waals surface area contributed by atoms with E-state index in [2.05, 4.69) is 22.9 Å². The molecule has 0 bridgehead atoms. The second-order valence-corrected chi connectivity index (χ2v) is 6.15. The minimum atomic E-state index is 0.769. The van der Waals surface area contributed by atoms with Gasteiger partial charge in [0.25, 0.3) is 0 Å². The summed E-state index contributed by atoms with van der Waals surface area (Å²) in [5, 5.41) is 4.21. The van der Waals surface area contributed by atoms with E-state index in [0.29, 0.717) is 0 Å². The number of aromatic nitrogens is 2. The van der Waals surface area contributed by atoms with Crippen molar-refractivity contribution in [2.45, 2.75) is 39.2 Å². The van der Waals surface area contributed by atoms with Gasteiger partial charge in [0.2, 0.25) is 0 Å². The number of nitrogens with one attached hydrogen (secondary N) is 1. The Morgan fingerprint density at radius 2 is 2.35 bits per heavy atom. The van der Waals surface area contributed by atoms with Crippen LogP contribution in [0.2, 0.25) is 5.02 Å². The third kappa shape index (κ3) is 2.84. The standard InChI is InChI=1S/C16H22ClN3/c1-2-9-20-15-5-4-13(17)10-14(15)19-16(20)6-3-12-7-8-18-11-12/h4-5,10,12,18H,2-3,6-9,11H2,1H3. The van der Waals surface area contributed by atoms with Crippen LogP contribution in [0.1, 0.15) is 32.0 Å². The number of imidazole rings is 1. The van der Waals surface area contributed by atoms with Crippen LogP contribution < -0.4 is 5.32 Å². The Hall–Kier alpha value is -1.06. The molecule has 1 saturated heterocycles. The summed E-state index contributed by atoms with van der Waals surface area (Å²) in [7, 11) is 0. The molecule has 1 aliphatic heterocycles. The van der Waals surface area contributed by atoms with Gasteiger partial charge < -0.3 is 9.88 Å². The molecule has 2 heterocycles. The van der Waals surface area contributed by atoms with Gasteiger partial charge in [-0.25, -0.2) is 4.98 Å². The molecular formula is C16H22ClN3. The Balaban J connectivity index is 1.85. The number of fused-ring (bicyclic) bond motifs is 1. The molecule has 1 N–H and O–H groups in total. The van der Waals surface area contributed by atoms with Gasteiger partial charge in [-0.15, -0.1) is 0 Å². The van der Waals surface area contributed by atoms with Crippen molar-refractivity contribution in [3.05, 3.63) is 29.0 Å². The van der Waals surface area contributed by atoms with E-state index in [1.54, 1.807) is 0 Å². The third-order valence-corrected chi connectivity index (χ3v) is 4.41. The molecule has 1 aliphatic rings. The largest absolute Gasteiger partial charge is 0.328 e. The van der Waals surface area contributed by atoms with Crippen molar-refractivity contribution in [3.8, 4) is 0 Å². The highest BCUT2D eigenvalue weighted by Crippen LogP contribution is 2.23. The molecule has 4 heteroatoms. The summed E-state index contributed by atoms with van der Waals surface area (Å²) in [6.45, 7) is 5.59. The zero-order valence-corrected chi connectivity index (χ0v) is 12.8. The highest BCUT2D eigenvalue weighted by molar-refractivity contribution is 6.31. The lowest BCUT2D eigenvalue weighted by Gasteiger charge is -2.10. The molecular weight excluding hydrogens is 270 g/mol. The molecule has 3 nitrogen and oxygen atoms in total. The summed E-state index contributed by atoms with van der Waals surface area (Å²) in [5.41, 5.74) is 2.25. The second-order valence-electron chi connectivity index (χ2n) is 5.71. The quantitative estimate of drug-likeness (QED) is 0.911. The van der Waals surface area contributed by atoms with E-state index in [1.807, 2.05) is 12.1 Å². The van der Waals surface area contributed by atoms with Gasteiger partial charge >= 0.3 is 0 Å². The van der Waals surface area contributed by atoms with Crippen LogP contribution in [0, 0.1) is 5.92 Å². The van der Waals surface area contributed by atoms with Crippen LogP contribution in [0.5, 0.6) is 0 Å². The third-order valence-electron chi connectivity index (χ3n) is 4.18. The summed E-state index contributed by atoms with van der Waals surface area (Å²) in [4.78, 5) is 4.81. The maximum Gasteiger partial charge on any atom is 0.109 e. The molecule has 0 spiro atoms. The lowest BCUT2D eigenvalue weighted by atomic mass is 10.0. The number of halogens is 1. The molecule has 1 aromatic carbocycles. The smallest absolute Gasteiger partial charge is 0.109 e. The molecule has 0 saturated carbocycles. The average molecular weight is 292 g/mol. The van der Waals surface area contributed by atoms with Crippen LogP contribution in [-0.4, -0.2) is 22.6 Å². The zero-order chi connectivity index (χ0) is 13.9. The van der Waals surface area contributed by atoms with Crippen LogP contribution in [0.15, 0.2) is 18.2 Å². The SMILES string of the molecule is CCCn1c(CCC2CCNC2)nc2cc(Cl)ccc21. The maximum absolute atomic E-state index is 6.08. The number of hydrogen-bond donors (Lipinski definition) is 1. The van der Waals surface area contributed by atoms with E-state index >= 15 is 0 Å². The Morgan fingerprint density at radius 1 is 1.45 bits per heavy atom. The summed E-state index contributed by atoms with van der Waals surface area (Å²) in [6.07, 6.45) is 4.73. The number of hydrogen-bond acceptors (Lipinski definition) is 2. The van der Waals surface area contributed by atoms with Crippen molar-refractivity contribution >= 4 is 22.6 Å². The van der Waals surface area contributed by atoms with Crippen LogP contribution >= 0.6 is 11.6 Å². The Kier molecular flexibility index (Phi) is 4.27. The van der Waals surface area contributed by atoms with E-state index in [4.69, 9.17) is 16.6 Å². The summed E-state index contributed by atoms with van der Waals surface area (Å²) < 4.78 is 2.37. The van der Waals surface area contributed by atoms with Crippen LogP contribution in [0.25, 0.3) is 11.0 Å². The molecule has 3 rings (SSSR count). The normalized spacial score (nSPS) is 19.0. The fourth-order valence-electron chi connectivity index (χ4n) is 3.11. The fourth-order valence-corrected chi connectivity index (χ4v) is 3.28. The number of rotatable bonds is 5. The van der Waals surface area contributed by atoms with Gasteiger partial charge in [-0.05, 0) is 56.5 Å². The summed E-state index contributed by atoms with van der Waals surface area (Å²) in [5.74, 6) is 2.03. The first-order valence-electron chi connectivity index (χ1n) is 7.63. The van der Waals surface area contributed by atoms with E-state index in [-0.39, 0.29) is 0 Å². The molecule has 0 amide bonds. The van der Waals surface area contributed by atoms with Gasteiger partial charge in [-0.2, -0.15) is 0 Å². The molecule has 1 fully saturated rings. The van der Waals surface area contributed by atoms with Gasteiger partial charge in [-0.1, -0.05) is 18.5 Å². The Labute approximate surface area is 125 Å². The monoisotopic (exact) mass is 291 g/mol. The minimum Gasteiger partial charge on any atom is -0.328 e. The molecule has 1 atom stereocenters.